The molecule has 0 aliphatic rings. The molecule has 0 radical (unpaired) electrons. The molecule has 0 bridgehead atoms. The summed E-state index contributed by atoms with van der Waals surface area (Å²) < 4.78 is 32.3. The van der Waals surface area contributed by atoms with Crippen LogP contribution in [0.5, 0.6) is 0 Å². The SMILES string of the molecule is COC.COC(C)(C)OC.COC(C)OC.COCOC. The molecule has 0 spiro atoms. The first-order valence-corrected chi connectivity index (χ1v) is 6.30. The molecular weight excluding hydrogens is 280 g/mol. The van der Waals surface area contributed by atoms with Crippen LogP contribution in [0.15, 0.2) is 0 Å². The van der Waals surface area contributed by atoms with Gasteiger partial charge in [0.05, 0.1) is 0 Å². The van der Waals surface area contributed by atoms with Gasteiger partial charge in [-0.1, -0.05) is 0 Å². The molecule has 0 N–H and O–H groups in total. The standard InChI is InChI=1S/C5H12O2.C4H10O2.C3H8O2.C2H6O/c1-5(2,6-3)7-4;1-4(5-2)6-3;1-4-3-5-2;1-3-2/h1-4H3;4H,1-3H3;3H2,1-2H3;1-2H3. The molecule has 21 heavy (non-hydrogen) atoms. The van der Waals surface area contributed by atoms with Crippen molar-refractivity contribution in [3.8, 4) is 0 Å². The zero-order valence-electron chi connectivity index (χ0n) is 15.6. The Balaban J connectivity index is -0.0000000955. The van der Waals surface area contributed by atoms with Crippen LogP contribution in [0.25, 0.3) is 0 Å². The number of hydrogen-bond donors (Lipinski definition) is 0. The Morgan fingerprint density at radius 1 is 0.714 bits per heavy atom. The number of hydrogen-bond acceptors (Lipinski definition) is 7. The van der Waals surface area contributed by atoms with Gasteiger partial charge in [-0.15, -0.1) is 0 Å². The molecule has 7 heteroatoms. The summed E-state index contributed by atoms with van der Waals surface area (Å²) in [6.45, 7) is 5.93. The van der Waals surface area contributed by atoms with Crippen LogP contribution in [0.1, 0.15) is 20.8 Å². The van der Waals surface area contributed by atoms with Gasteiger partial charge in [0.2, 0.25) is 0 Å². The van der Waals surface area contributed by atoms with Crippen LogP contribution in [0.2, 0.25) is 0 Å². The van der Waals surface area contributed by atoms with E-state index in [0.29, 0.717) is 6.79 Å². The highest BCUT2D eigenvalue weighted by molar-refractivity contribution is 4.47. The van der Waals surface area contributed by atoms with E-state index in [1.54, 1.807) is 56.9 Å². The van der Waals surface area contributed by atoms with Crippen LogP contribution in [0.3, 0.4) is 0 Å². The largest absolute Gasteiger partial charge is 0.388 e. The lowest BCUT2D eigenvalue weighted by Gasteiger charge is -2.19. The van der Waals surface area contributed by atoms with Gasteiger partial charge in [-0.3, -0.25) is 0 Å². The first-order valence-electron chi connectivity index (χ1n) is 6.30. The van der Waals surface area contributed by atoms with Gasteiger partial charge in [0, 0.05) is 56.9 Å². The summed E-state index contributed by atoms with van der Waals surface area (Å²) in [6.07, 6.45) is -0.0648. The van der Waals surface area contributed by atoms with Gasteiger partial charge >= 0.3 is 0 Å². The highest BCUT2D eigenvalue weighted by Gasteiger charge is 2.11. The predicted molar refractivity (Wildman–Crippen MR) is 83.4 cm³/mol. The maximum Gasteiger partial charge on any atom is 0.161 e. The van der Waals surface area contributed by atoms with Crippen molar-refractivity contribution in [3.05, 3.63) is 0 Å². The third-order valence-electron chi connectivity index (χ3n) is 1.88. The van der Waals surface area contributed by atoms with Gasteiger partial charge in [0.15, 0.2) is 12.1 Å². The van der Waals surface area contributed by atoms with E-state index in [0.717, 1.165) is 0 Å². The number of methoxy groups -OCH3 is 7. The predicted octanol–water partition coefficient (Wildman–Crippen LogP) is 2.14. The zero-order chi connectivity index (χ0) is 17.7. The lowest BCUT2D eigenvalue weighted by molar-refractivity contribution is -0.178. The van der Waals surface area contributed by atoms with E-state index in [1.165, 1.54) is 0 Å². The normalized spacial score (nSPS) is 9.71. The van der Waals surface area contributed by atoms with Crippen molar-refractivity contribution in [1.29, 1.82) is 0 Å². The van der Waals surface area contributed by atoms with Crippen LogP contribution in [-0.2, 0) is 33.2 Å². The molecule has 0 aliphatic heterocycles. The number of rotatable bonds is 6. The van der Waals surface area contributed by atoms with Gasteiger partial charge in [0.1, 0.15) is 6.79 Å². The minimum atomic E-state index is -0.417. The molecule has 0 unspecified atom stereocenters. The monoisotopic (exact) mass is 316 g/mol. The van der Waals surface area contributed by atoms with Crippen molar-refractivity contribution >= 4 is 0 Å². The van der Waals surface area contributed by atoms with Crippen molar-refractivity contribution in [2.45, 2.75) is 32.8 Å². The van der Waals surface area contributed by atoms with Crippen molar-refractivity contribution in [1.82, 2.24) is 0 Å². The van der Waals surface area contributed by atoms with Crippen molar-refractivity contribution in [2.24, 2.45) is 0 Å². The molecule has 0 heterocycles. The minimum Gasteiger partial charge on any atom is -0.388 e. The Morgan fingerprint density at radius 3 is 1.00 bits per heavy atom. The van der Waals surface area contributed by atoms with E-state index in [4.69, 9.17) is 9.47 Å². The van der Waals surface area contributed by atoms with E-state index in [1.807, 2.05) is 20.8 Å². The molecule has 0 saturated heterocycles. The average molecular weight is 316 g/mol. The Bertz CT molecular complexity index is 142. The van der Waals surface area contributed by atoms with E-state index >= 15 is 0 Å². The van der Waals surface area contributed by atoms with E-state index < -0.39 is 5.79 Å². The molecule has 0 aromatic heterocycles. The molecule has 134 valence electrons. The molecule has 0 aromatic rings. The molecule has 0 aliphatic carbocycles. The van der Waals surface area contributed by atoms with Crippen LogP contribution in [-0.4, -0.2) is 75.7 Å². The highest BCUT2D eigenvalue weighted by Crippen LogP contribution is 2.05. The summed E-state index contributed by atoms with van der Waals surface area (Å²) in [5.41, 5.74) is 0. The van der Waals surface area contributed by atoms with E-state index in [2.05, 4.69) is 23.7 Å². The Kier molecular flexibility index (Phi) is 33.9. The summed E-state index contributed by atoms with van der Waals surface area (Å²) >= 11 is 0. The summed E-state index contributed by atoms with van der Waals surface area (Å²) in [6, 6.07) is 0. The van der Waals surface area contributed by atoms with Crippen LogP contribution >= 0.6 is 0 Å². The molecule has 0 atom stereocenters. The fourth-order valence-corrected chi connectivity index (χ4v) is 0.297. The second kappa shape index (κ2) is 24.7. The van der Waals surface area contributed by atoms with Crippen molar-refractivity contribution in [2.75, 3.05) is 63.7 Å². The summed E-state index contributed by atoms with van der Waals surface area (Å²) in [5.74, 6) is -0.417. The molecule has 0 rings (SSSR count). The lowest BCUT2D eigenvalue weighted by atomic mass is 10.4. The Labute approximate surface area is 130 Å². The zero-order valence-corrected chi connectivity index (χ0v) is 15.6. The van der Waals surface area contributed by atoms with Gasteiger partial charge in [0.25, 0.3) is 0 Å². The van der Waals surface area contributed by atoms with Gasteiger partial charge in [-0.2, -0.15) is 0 Å². The quantitative estimate of drug-likeness (QED) is 0.696. The molecule has 0 fully saturated rings. The molecule has 0 saturated carbocycles. The van der Waals surface area contributed by atoms with Crippen molar-refractivity contribution in [3.63, 3.8) is 0 Å². The van der Waals surface area contributed by atoms with E-state index in [-0.39, 0.29) is 6.29 Å². The lowest BCUT2D eigenvalue weighted by Crippen LogP contribution is -2.24. The second-order valence-electron chi connectivity index (χ2n) is 3.95. The van der Waals surface area contributed by atoms with Crippen LogP contribution in [0, 0.1) is 0 Å². The van der Waals surface area contributed by atoms with Crippen LogP contribution in [0.4, 0.5) is 0 Å². The number of ether oxygens (including phenoxy) is 7. The molecule has 0 aromatic carbocycles. The van der Waals surface area contributed by atoms with Crippen LogP contribution < -0.4 is 0 Å². The maximum absolute atomic E-state index is 4.86. The maximum atomic E-state index is 4.86. The molecule has 0 amide bonds. The average Bonchev–Trinajstić information content (AvgIpc) is 2.49. The third-order valence-corrected chi connectivity index (χ3v) is 1.88. The van der Waals surface area contributed by atoms with Gasteiger partial charge < -0.3 is 33.2 Å². The van der Waals surface area contributed by atoms with Gasteiger partial charge in [-0.25, -0.2) is 0 Å². The Hall–Kier alpha value is -0.280. The molecule has 7 nitrogen and oxygen atoms in total. The highest BCUT2D eigenvalue weighted by atomic mass is 16.7. The summed E-state index contributed by atoms with van der Waals surface area (Å²) in [7, 11) is 12.9. The van der Waals surface area contributed by atoms with Crippen molar-refractivity contribution < 1.29 is 33.2 Å². The summed E-state index contributed by atoms with van der Waals surface area (Å²) in [5, 5.41) is 0. The van der Waals surface area contributed by atoms with Gasteiger partial charge in [-0.05, 0) is 20.8 Å². The first-order chi connectivity index (χ1) is 9.76. The third kappa shape index (κ3) is 45.1. The fraction of sp³-hybridized carbons (Fsp3) is 1.00. The topological polar surface area (TPSA) is 64.6 Å². The van der Waals surface area contributed by atoms with E-state index in [9.17, 15) is 0 Å². The summed E-state index contributed by atoms with van der Waals surface area (Å²) in [4.78, 5) is 0. The smallest absolute Gasteiger partial charge is 0.161 e. The first kappa shape index (κ1) is 28.8. The fourth-order valence-electron chi connectivity index (χ4n) is 0.297. The minimum absolute atomic E-state index is 0.0648. The second-order valence-corrected chi connectivity index (χ2v) is 3.95. The molecular formula is C14H36O7. The Morgan fingerprint density at radius 2 is 1.00 bits per heavy atom.